The van der Waals surface area contributed by atoms with Gasteiger partial charge >= 0.3 is 0 Å². The van der Waals surface area contributed by atoms with Gasteiger partial charge in [0.2, 0.25) is 0 Å². The lowest BCUT2D eigenvalue weighted by Gasteiger charge is -2.27. The van der Waals surface area contributed by atoms with Gasteiger partial charge < -0.3 is 10.0 Å². The van der Waals surface area contributed by atoms with Gasteiger partial charge in [-0.1, -0.05) is 48.6 Å². The van der Waals surface area contributed by atoms with Crippen LogP contribution in [0, 0.1) is 0 Å². The van der Waals surface area contributed by atoms with Crippen LogP contribution < -0.4 is 4.90 Å². The Hall–Kier alpha value is -1.39. The minimum Gasteiger partial charge on any atom is -0.391 e. The molecule has 0 radical (unpaired) electrons. The molecule has 3 nitrogen and oxygen atoms in total. The van der Waals surface area contributed by atoms with Gasteiger partial charge in [0, 0.05) is 17.6 Å². The summed E-state index contributed by atoms with van der Waals surface area (Å²) < 4.78 is 0. The molecule has 0 saturated carbocycles. The van der Waals surface area contributed by atoms with Crippen molar-refractivity contribution in [1.29, 1.82) is 0 Å². The second kappa shape index (κ2) is 6.16. The maximum Gasteiger partial charge on any atom is 0.186 e. The van der Waals surface area contributed by atoms with Gasteiger partial charge in [0.05, 0.1) is 17.2 Å². The first-order valence-electron chi connectivity index (χ1n) is 7.69. The van der Waals surface area contributed by atoms with Crippen LogP contribution >= 0.6 is 11.3 Å². The zero-order chi connectivity index (χ0) is 14.8. The van der Waals surface area contributed by atoms with Crippen molar-refractivity contribution in [2.45, 2.75) is 51.8 Å². The molecule has 112 valence electrons. The molecule has 0 aliphatic carbocycles. The molecular weight excluding hydrogens is 280 g/mol. The predicted octanol–water partition coefficient (Wildman–Crippen LogP) is 4.07. The molecule has 1 aromatic carbocycles. The summed E-state index contributed by atoms with van der Waals surface area (Å²) in [5.41, 5.74) is 2.02. The fourth-order valence-electron chi connectivity index (χ4n) is 3.20. The van der Waals surface area contributed by atoms with E-state index in [0.29, 0.717) is 12.1 Å². The highest BCUT2D eigenvalue weighted by Gasteiger charge is 2.32. The molecule has 4 heteroatoms. The van der Waals surface area contributed by atoms with Crippen molar-refractivity contribution in [2.75, 3.05) is 4.90 Å². The molecule has 1 aromatic heterocycles. The molecular formula is C17H22N2OS. The Morgan fingerprint density at radius 1 is 1.29 bits per heavy atom. The molecule has 1 fully saturated rings. The monoisotopic (exact) mass is 302 g/mol. The molecule has 1 aliphatic heterocycles. The largest absolute Gasteiger partial charge is 0.391 e. The Kier molecular flexibility index (Phi) is 4.27. The van der Waals surface area contributed by atoms with Crippen LogP contribution in [0.2, 0.25) is 0 Å². The maximum absolute atomic E-state index is 9.68. The van der Waals surface area contributed by atoms with Crippen LogP contribution in [0.15, 0.2) is 30.3 Å². The Morgan fingerprint density at radius 3 is 2.71 bits per heavy atom. The zero-order valence-corrected chi connectivity index (χ0v) is 13.4. The van der Waals surface area contributed by atoms with Crippen LogP contribution in [-0.4, -0.2) is 22.2 Å². The van der Waals surface area contributed by atoms with Gasteiger partial charge in [-0.3, -0.25) is 0 Å². The topological polar surface area (TPSA) is 36.4 Å². The van der Waals surface area contributed by atoms with E-state index in [0.717, 1.165) is 27.7 Å². The first kappa shape index (κ1) is 14.5. The molecule has 0 bridgehead atoms. The van der Waals surface area contributed by atoms with Crippen LogP contribution in [0.4, 0.5) is 5.13 Å². The fraction of sp³-hybridized carbons (Fsp3) is 0.471. The number of aliphatic hydroxyl groups is 1. The van der Waals surface area contributed by atoms with Gasteiger partial charge in [0.15, 0.2) is 5.13 Å². The van der Waals surface area contributed by atoms with Crippen molar-refractivity contribution in [3.63, 3.8) is 0 Å². The number of aliphatic hydroxyl groups excluding tert-OH is 1. The van der Waals surface area contributed by atoms with E-state index in [2.05, 4.69) is 30.9 Å². The summed E-state index contributed by atoms with van der Waals surface area (Å²) in [6.07, 6.45) is 3.62. The molecule has 3 rings (SSSR count). The number of nitrogens with zero attached hydrogens (tertiary/aromatic N) is 2. The fourth-order valence-corrected chi connectivity index (χ4v) is 4.31. The summed E-state index contributed by atoms with van der Waals surface area (Å²) in [7, 11) is 0. The third-order valence-corrected chi connectivity index (χ3v) is 5.41. The molecule has 2 unspecified atom stereocenters. The van der Waals surface area contributed by atoms with E-state index in [9.17, 15) is 5.11 Å². The molecule has 0 amide bonds. The van der Waals surface area contributed by atoms with Crippen LogP contribution in [0.1, 0.15) is 38.0 Å². The molecule has 21 heavy (non-hydrogen) atoms. The highest BCUT2D eigenvalue weighted by Crippen LogP contribution is 2.38. The molecule has 1 saturated heterocycles. The van der Waals surface area contributed by atoms with Crippen LogP contribution in [0.3, 0.4) is 0 Å². The number of anilines is 1. The molecule has 1 aliphatic rings. The van der Waals surface area contributed by atoms with Gasteiger partial charge in [-0.15, -0.1) is 0 Å². The summed E-state index contributed by atoms with van der Waals surface area (Å²) >= 11 is 1.64. The smallest absolute Gasteiger partial charge is 0.186 e. The lowest BCUT2D eigenvalue weighted by molar-refractivity contribution is 0.286. The minimum absolute atomic E-state index is 0.0565. The van der Waals surface area contributed by atoms with Crippen molar-refractivity contribution < 1.29 is 5.11 Å². The van der Waals surface area contributed by atoms with Crippen molar-refractivity contribution in [1.82, 2.24) is 4.98 Å². The number of thiazole rings is 1. The zero-order valence-electron chi connectivity index (χ0n) is 12.6. The van der Waals surface area contributed by atoms with E-state index in [1.54, 1.807) is 11.3 Å². The second-order valence-electron chi connectivity index (χ2n) is 5.69. The summed E-state index contributed by atoms with van der Waals surface area (Å²) in [5.74, 6) is 0. The van der Waals surface area contributed by atoms with Crippen molar-refractivity contribution in [3.05, 3.63) is 35.2 Å². The number of hydrogen-bond donors (Lipinski definition) is 1. The van der Waals surface area contributed by atoms with E-state index in [4.69, 9.17) is 4.98 Å². The Balaban J connectivity index is 2.00. The van der Waals surface area contributed by atoms with E-state index in [-0.39, 0.29) is 6.61 Å². The second-order valence-corrected chi connectivity index (χ2v) is 6.75. The highest BCUT2D eigenvalue weighted by atomic mass is 32.1. The van der Waals surface area contributed by atoms with Gasteiger partial charge in [-0.25, -0.2) is 4.98 Å². The molecule has 1 N–H and O–H groups in total. The predicted molar refractivity (Wildman–Crippen MR) is 88.7 cm³/mol. The SMILES string of the molecule is CCC1CCC(C)N1c1nc(-c2ccccc2)c(CO)s1. The summed E-state index contributed by atoms with van der Waals surface area (Å²) in [6, 6.07) is 11.3. The van der Waals surface area contributed by atoms with E-state index in [1.165, 1.54) is 12.8 Å². The lowest BCUT2D eigenvalue weighted by atomic mass is 10.1. The third-order valence-electron chi connectivity index (χ3n) is 4.35. The Morgan fingerprint density at radius 2 is 2.05 bits per heavy atom. The molecule has 2 heterocycles. The van der Waals surface area contributed by atoms with E-state index >= 15 is 0 Å². The average molecular weight is 302 g/mol. The Bertz CT molecular complexity index is 596. The number of benzene rings is 1. The number of rotatable bonds is 4. The standard InChI is InChI=1S/C17H22N2OS/c1-3-14-10-9-12(2)19(14)17-18-16(15(11-20)21-17)13-7-5-4-6-8-13/h4-8,12,14,20H,3,9-11H2,1-2H3. The minimum atomic E-state index is 0.0565. The molecule has 2 aromatic rings. The van der Waals surface area contributed by atoms with E-state index in [1.807, 2.05) is 18.2 Å². The van der Waals surface area contributed by atoms with Gasteiger partial charge in [-0.2, -0.15) is 0 Å². The van der Waals surface area contributed by atoms with Gasteiger partial charge in [0.25, 0.3) is 0 Å². The van der Waals surface area contributed by atoms with Crippen LogP contribution in [-0.2, 0) is 6.61 Å². The summed E-state index contributed by atoms with van der Waals surface area (Å²) in [4.78, 5) is 8.28. The quantitative estimate of drug-likeness (QED) is 0.925. The molecule has 2 atom stereocenters. The highest BCUT2D eigenvalue weighted by molar-refractivity contribution is 7.16. The summed E-state index contributed by atoms with van der Waals surface area (Å²) in [6.45, 7) is 4.58. The van der Waals surface area contributed by atoms with Crippen molar-refractivity contribution in [2.24, 2.45) is 0 Å². The van der Waals surface area contributed by atoms with E-state index < -0.39 is 0 Å². The van der Waals surface area contributed by atoms with Crippen LogP contribution in [0.25, 0.3) is 11.3 Å². The van der Waals surface area contributed by atoms with Crippen molar-refractivity contribution in [3.8, 4) is 11.3 Å². The van der Waals surface area contributed by atoms with Gasteiger partial charge in [-0.05, 0) is 26.2 Å². The van der Waals surface area contributed by atoms with Gasteiger partial charge in [0.1, 0.15) is 0 Å². The number of hydrogen-bond acceptors (Lipinski definition) is 4. The molecule has 0 spiro atoms. The normalized spacial score (nSPS) is 22.0. The van der Waals surface area contributed by atoms with Crippen LogP contribution in [0.5, 0.6) is 0 Å². The van der Waals surface area contributed by atoms with Crippen molar-refractivity contribution >= 4 is 16.5 Å². The first-order chi connectivity index (χ1) is 10.2. The number of aromatic nitrogens is 1. The maximum atomic E-state index is 9.68. The summed E-state index contributed by atoms with van der Waals surface area (Å²) in [5, 5.41) is 10.7. The lowest BCUT2D eigenvalue weighted by Crippen LogP contribution is -2.33. The third kappa shape index (κ3) is 2.70. The Labute approximate surface area is 130 Å². The average Bonchev–Trinajstić information content (AvgIpc) is 3.10. The first-order valence-corrected chi connectivity index (χ1v) is 8.50.